The molecule has 6 aromatic carbocycles. The first-order valence-electron chi connectivity index (χ1n) is 33.9. The molecule has 0 aliphatic heterocycles. The number of ketones is 1. The number of oxime groups is 1. The summed E-state index contributed by atoms with van der Waals surface area (Å²) in [7, 11) is 3.09. The number of benzene rings is 6. The number of amides is 5. The van der Waals surface area contributed by atoms with Gasteiger partial charge in [0, 0.05) is 91.3 Å². The molecule has 6 rings (SSSR count). The minimum Gasteiger partial charge on any atom is -0.497 e. The predicted octanol–water partition coefficient (Wildman–Crippen LogP) is 12.7. The van der Waals surface area contributed by atoms with E-state index in [1.165, 1.54) is 55.3 Å². The predicted molar refractivity (Wildman–Crippen MR) is 378 cm³/mol. The van der Waals surface area contributed by atoms with Crippen LogP contribution in [0.4, 0.5) is 22.4 Å². The lowest BCUT2D eigenvalue weighted by Gasteiger charge is -2.32. The second-order valence-corrected chi connectivity index (χ2v) is 26.1. The first kappa shape index (κ1) is 81.5. The molecule has 100 heavy (non-hydrogen) atoms. The van der Waals surface area contributed by atoms with Gasteiger partial charge in [-0.3, -0.25) is 24.0 Å². The number of rotatable bonds is 35. The Kier molecular flexibility index (Phi) is 32.7. The van der Waals surface area contributed by atoms with Crippen molar-refractivity contribution in [3.63, 3.8) is 0 Å². The fourth-order valence-corrected chi connectivity index (χ4v) is 10.8. The lowest BCUT2D eigenvalue weighted by atomic mass is 9.98. The average molecular weight is 1390 g/mol. The highest BCUT2D eigenvalue weighted by atomic mass is 19.1. The van der Waals surface area contributed by atoms with E-state index in [9.17, 15) is 56.5 Å². The van der Waals surface area contributed by atoms with Gasteiger partial charge in [-0.25, -0.2) is 22.4 Å². The van der Waals surface area contributed by atoms with Gasteiger partial charge in [0.1, 0.15) is 47.0 Å². The first-order chi connectivity index (χ1) is 47.5. The van der Waals surface area contributed by atoms with Gasteiger partial charge in [0.05, 0.1) is 50.8 Å². The van der Waals surface area contributed by atoms with E-state index >= 15 is 0 Å². The molecule has 0 fully saturated rings. The van der Waals surface area contributed by atoms with Gasteiger partial charge >= 0.3 is 6.09 Å². The van der Waals surface area contributed by atoms with E-state index in [0.717, 1.165) is 36.6 Å². The van der Waals surface area contributed by atoms with Crippen LogP contribution in [-0.2, 0) is 35.5 Å². The Morgan fingerprint density at radius 1 is 0.530 bits per heavy atom. The normalized spacial score (nSPS) is 12.6. The van der Waals surface area contributed by atoms with E-state index < -0.39 is 71.1 Å². The molecule has 0 saturated heterocycles. The number of nitrogens with zero attached hydrogens (tertiary/aromatic N) is 4. The molecule has 4 atom stereocenters. The average Bonchev–Trinajstić information content (AvgIpc) is 0.798. The molecule has 0 aliphatic carbocycles. The summed E-state index contributed by atoms with van der Waals surface area (Å²) in [5.41, 5.74) is 2.85. The summed E-state index contributed by atoms with van der Waals surface area (Å²) in [6.45, 7) is 22.6. The van der Waals surface area contributed by atoms with Crippen LogP contribution < -0.4 is 25.4 Å². The zero-order chi connectivity index (χ0) is 73.8. The van der Waals surface area contributed by atoms with E-state index in [1.807, 2.05) is 65.8 Å². The minimum atomic E-state index is -1.49. The number of Topliss-reactive ketones (excluding diaryl/α,β-unsaturated/α-hetero) is 1. The lowest BCUT2D eigenvalue weighted by Crippen LogP contribution is -2.51. The van der Waals surface area contributed by atoms with E-state index in [-0.39, 0.29) is 89.4 Å². The Morgan fingerprint density at radius 2 is 0.950 bits per heavy atom. The number of aliphatic hydroxyl groups is 2. The third kappa shape index (κ3) is 26.8. The van der Waals surface area contributed by atoms with Crippen molar-refractivity contribution in [3.8, 4) is 11.5 Å². The second-order valence-electron chi connectivity index (χ2n) is 26.1. The maximum atomic E-state index is 14.3. The van der Waals surface area contributed by atoms with Crippen molar-refractivity contribution in [2.24, 2.45) is 11.1 Å². The molecule has 0 radical (unpaired) electrons. The monoisotopic (exact) mass is 1390 g/mol. The van der Waals surface area contributed by atoms with Gasteiger partial charge in [-0.15, -0.1) is 0 Å². The summed E-state index contributed by atoms with van der Waals surface area (Å²) >= 11 is 0. The van der Waals surface area contributed by atoms with Gasteiger partial charge in [-0.1, -0.05) is 71.0 Å². The highest BCUT2D eigenvalue weighted by molar-refractivity contribution is 6.06. The van der Waals surface area contributed by atoms with Gasteiger partial charge in [0.25, 0.3) is 23.6 Å². The molecule has 5 amide bonds. The van der Waals surface area contributed by atoms with Gasteiger partial charge in [0.2, 0.25) is 0 Å². The van der Waals surface area contributed by atoms with Crippen LogP contribution in [0.25, 0.3) is 0 Å². The maximum absolute atomic E-state index is 14.3. The molecule has 0 aromatic heterocycles. The number of ether oxygens (including phenoxy) is 3. The molecular formula is C77H99F4N7O12. The summed E-state index contributed by atoms with van der Waals surface area (Å²) in [4.78, 5) is 91.1. The standard InChI is InChI=1S/C39H49F2N3O7.C38H50F2N4O5/c1-8-13-43(14-9-2)37(48)30-20-28(25(3)45)19-29(21-30)36(47)42-34(18-27-15-31(40)22-32(41)16-27)35(46)24-44(38(49)51-39(4,5)6)23-26-11-10-12-33(17-26)50-7;1-7-12-44(13-8-2)38(47)31-19-29(26(5)43-49-24-25(3)4)18-30(20-31)37(46)42-35(17-28-14-32(39)21-33(40)15-28)36(45)23-41-22-27-10-9-11-34(16-27)48-6/h10-12,15-17,19-22,34-35,46H,8-9,13-14,18,23-24H2,1-7H3,(H,42,47);9-11,14-16,18-21,25,35-36,41,45H,7-8,12-13,17,22-24H2,1-6H3,(H,42,46)/b;43-26+/t34-,35+;35-,36+/m00/s1. The fraction of sp³-hybridized carbons (Fsp3) is 0.442. The number of hydrogen-bond donors (Lipinski definition) is 5. The van der Waals surface area contributed by atoms with Crippen LogP contribution in [-0.4, -0.2) is 156 Å². The third-order valence-corrected chi connectivity index (χ3v) is 15.6. The minimum absolute atomic E-state index is 0.00339. The van der Waals surface area contributed by atoms with Crippen molar-refractivity contribution in [3.05, 3.63) is 200 Å². The molecular weight excluding hydrogens is 1290 g/mol. The van der Waals surface area contributed by atoms with Crippen LogP contribution in [0.15, 0.2) is 126 Å². The Labute approximate surface area is 585 Å². The molecule has 0 bridgehead atoms. The van der Waals surface area contributed by atoms with Crippen molar-refractivity contribution in [2.45, 2.75) is 158 Å². The highest BCUT2D eigenvalue weighted by Crippen LogP contribution is 2.23. The molecule has 6 aromatic rings. The molecule has 0 spiro atoms. The van der Waals surface area contributed by atoms with Crippen LogP contribution in [0.1, 0.15) is 181 Å². The Bertz CT molecular complexity index is 3680. The maximum Gasteiger partial charge on any atom is 0.410 e. The first-order valence-corrected chi connectivity index (χ1v) is 33.9. The Hall–Kier alpha value is -9.19. The summed E-state index contributed by atoms with van der Waals surface area (Å²) in [6, 6.07) is 27.3. The SMILES string of the molecule is CCCN(CCC)C(=O)c1cc(C(=O)N[C@@H](Cc2cc(F)cc(F)c2)[C@H](O)CNCc2cccc(OC)c2)cc(/C(C)=N/OCC(C)C)c1.CCCN(CCC)C(=O)c1cc(C(C)=O)cc(C(=O)N[C@@H](Cc2cc(F)cc(F)c2)[C@H](O)CN(Cc2cccc(OC)c2)C(=O)OC(C)(C)C)c1. The van der Waals surface area contributed by atoms with Crippen LogP contribution in [0, 0.1) is 29.2 Å². The lowest BCUT2D eigenvalue weighted by molar-refractivity contribution is 0.00834. The van der Waals surface area contributed by atoms with E-state index in [1.54, 1.807) is 81.0 Å². The zero-order valence-corrected chi connectivity index (χ0v) is 59.8. The highest BCUT2D eigenvalue weighted by Gasteiger charge is 2.32. The van der Waals surface area contributed by atoms with Crippen molar-refractivity contribution >= 4 is 41.2 Å². The van der Waals surface area contributed by atoms with Crippen molar-refractivity contribution in [1.82, 2.24) is 30.7 Å². The number of halogens is 4. The third-order valence-electron chi connectivity index (χ3n) is 15.6. The van der Waals surface area contributed by atoms with Gasteiger partial charge in [-0.2, -0.15) is 0 Å². The van der Waals surface area contributed by atoms with Crippen LogP contribution in [0.2, 0.25) is 0 Å². The van der Waals surface area contributed by atoms with Crippen LogP contribution >= 0.6 is 0 Å². The van der Waals surface area contributed by atoms with Crippen molar-refractivity contribution < 1.29 is 75.6 Å². The molecule has 23 heteroatoms. The van der Waals surface area contributed by atoms with Crippen molar-refractivity contribution in [2.75, 3.05) is 60.1 Å². The van der Waals surface area contributed by atoms with Crippen LogP contribution in [0.3, 0.4) is 0 Å². The number of aliphatic hydroxyl groups excluding tert-OH is 2. The van der Waals surface area contributed by atoms with Crippen molar-refractivity contribution in [1.29, 1.82) is 0 Å². The number of methoxy groups -OCH3 is 2. The van der Waals surface area contributed by atoms with Gasteiger partial charge in [0.15, 0.2) is 5.78 Å². The molecule has 0 heterocycles. The largest absolute Gasteiger partial charge is 0.497 e. The number of carbonyl (C=O) groups excluding carboxylic acids is 6. The Balaban J connectivity index is 0.000000361. The van der Waals surface area contributed by atoms with Crippen LogP contribution in [0.5, 0.6) is 11.5 Å². The van der Waals surface area contributed by atoms with Gasteiger partial charge in [-0.05, 0) is 186 Å². The summed E-state index contributed by atoms with van der Waals surface area (Å²) in [5.74, 6) is -3.97. The molecule has 5 N–H and O–H groups in total. The summed E-state index contributed by atoms with van der Waals surface area (Å²) < 4.78 is 73.0. The Morgan fingerprint density at radius 3 is 1.39 bits per heavy atom. The summed E-state index contributed by atoms with van der Waals surface area (Å²) in [5, 5.41) is 36.0. The zero-order valence-electron chi connectivity index (χ0n) is 59.8. The van der Waals surface area contributed by atoms with E-state index in [2.05, 4.69) is 21.1 Å². The topological polar surface area (TPSA) is 238 Å². The molecule has 0 aliphatic rings. The fourth-order valence-electron chi connectivity index (χ4n) is 10.8. The second kappa shape index (κ2) is 40.2. The van der Waals surface area contributed by atoms with E-state index in [0.29, 0.717) is 92.1 Å². The smallest absolute Gasteiger partial charge is 0.410 e. The molecule has 0 saturated carbocycles. The van der Waals surface area contributed by atoms with Gasteiger partial charge < -0.3 is 59.9 Å². The number of hydrogen-bond acceptors (Lipinski definition) is 14. The number of nitrogens with one attached hydrogen (secondary N) is 3. The summed E-state index contributed by atoms with van der Waals surface area (Å²) in [6.07, 6.45) is -0.703. The number of carbonyl (C=O) groups is 6. The van der Waals surface area contributed by atoms with E-state index in [4.69, 9.17) is 19.0 Å². The quantitative estimate of drug-likeness (QED) is 0.0108. The molecule has 0 unspecified atom stereocenters. The molecule has 19 nitrogen and oxygen atoms in total. The molecule has 542 valence electrons.